The first-order chi connectivity index (χ1) is 13.1. The molecular weight excluding hydrogens is 408 g/mol. The largest absolute Gasteiger partial charge is 0.480 e. The second kappa shape index (κ2) is 13.6. The SMILES string of the molecule is CSCC[C@H](NC(=O)[C@@H](NC(=O)[C@H](CO)NC(=O)[C@@H](N)CS)C(C)C)C(=O)O. The molecule has 10 nitrogen and oxygen atoms in total. The van der Waals surface area contributed by atoms with Crippen LogP contribution in [0, 0.1) is 5.92 Å². The van der Waals surface area contributed by atoms with Gasteiger partial charge in [-0.05, 0) is 24.3 Å². The summed E-state index contributed by atoms with van der Waals surface area (Å²) < 4.78 is 0. The van der Waals surface area contributed by atoms with E-state index in [1.165, 1.54) is 11.8 Å². The van der Waals surface area contributed by atoms with Gasteiger partial charge in [-0.3, -0.25) is 14.4 Å². The van der Waals surface area contributed by atoms with Crippen LogP contribution in [0.25, 0.3) is 0 Å². The first kappa shape index (κ1) is 26.5. The summed E-state index contributed by atoms with van der Waals surface area (Å²) in [4.78, 5) is 48.0. The number of rotatable bonds is 13. The highest BCUT2D eigenvalue weighted by molar-refractivity contribution is 7.98. The number of nitrogens with one attached hydrogen (secondary N) is 3. The lowest BCUT2D eigenvalue weighted by atomic mass is 10.0. The number of carboxylic acids is 1. The van der Waals surface area contributed by atoms with E-state index in [1.54, 1.807) is 13.8 Å². The maximum atomic E-state index is 12.5. The molecule has 3 amide bonds. The van der Waals surface area contributed by atoms with Crippen LogP contribution >= 0.6 is 24.4 Å². The number of hydrogen-bond acceptors (Lipinski definition) is 8. The van der Waals surface area contributed by atoms with Gasteiger partial charge in [-0.15, -0.1) is 0 Å². The van der Waals surface area contributed by atoms with Crippen LogP contribution in [-0.4, -0.2) is 82.4 Å². The van der Waals surface area contributed by atoms with E-state index < -0.39 is 54.5 Å². The van der Waals surface area contributed by atoms with Gasteiger partial charge in [0.1, 0.15) is 18.1 Å². The van der Waals surface area contributed by atoms with Crippen molar-refractivity contribution in [2.45, 2.75) is 44.4 Å². The molecule has 0 aromatic rings. The molecule has 0 aromatic heterocycles. The quantitative estimate of drug-likeness (QED) is 0.165. The van der Waals surface area contributed by atoms with Gasteiger partial charge in [0.2, 0.25) is 17.7 Å². The Kier molecular flexibility index (Phi) is 12.9. The average molecular weight is 439 g/mol. The molecule has 0 fully saturated rings. The Hall–Kier alpha value is -1.50. The van der Waals surface area contributed by atoms with Gasteiger partial charge in [0.15, 0.2) is 0 Å². The predicted molar refractivity (Wildman–Crippen MR) is 110 cm³/mol. The van der Waals surface area contributed by atoms with E-state index in [0.29, 0.717) is 5.75 Å². The summed E-state index contributed by atoms with van der Waals surface area (Å²) in [5, 5.41) is 25.8. The van der Waals surface area contributed by atoms with Crippen molar-refractivity contribution in [1.29, 1.82) is 0 Å². The molecule has 0 heterocycles. The molecule has 0 bridgehead atoms. The summed E-state index contributed by atoms with van der Waals surface area (Å²) in [6.45, 7) is 2.64. The highest BCUT2D eigenvalue weighted by atomic mass is 32.2. The van der Waals surface area contributed by atoms with E-state index in [1.807, 2.05) is 6.26 Å². The van der Waals surface area contributed by atoms with E-state index in [-0.39, 0.29) is 18.1 Å². The monoisotopic (exact) mass is 438 g/mol. The van der Waals surface area contributed by atoms with Crippen LogP contribution in [0.5, 0.6) is 0 Å². The summed E-state index contributed by atoms with van der Waals surface area (Å²) in [6, 6.07) is -4.39. The summed E-state index contributed by atoms with van der Waals surface area (Å²) >= 11 is 5.34. The number of nitrogens with two attached hydrogens (primary N) is 1. The van der Waals surface area contributed by atoms with Crippen molar-refractivity contribution in [1.82, 2.24) is 16.0 Å². The summed E-state index contributed by atoms with van der Waals surface area (Å²) in [5.41, 5.74) is 5.52. The number of hydrogen-bond donors (Lipinski definition) is 7. The standard InChI is InChI=1S/C16H30N4O6S2/c1-8(2)12(15(24)18-10(16(25)26)4-5-28-3)20-14(23)11(6-21)19-13(22)9(17)7-27/h8-12,21,27H,4-7,17H2,1-3H3,(H,18,24)(H,19,22)(H,20,23)(H,25,26)/t9-,10-,11-,12-/m0/s1. The molecule has 0 aliphatic heterocycles. The number of carbonyl (C=O) groups excluding carboxylic acids is 3. The molecule has 12 heteroatoms. The predicted octanol–water partition coefficient (Wildman–Crippen LogP) is -1.82. The Morgan fingerprint density at radius 1 is 1.04 bits per heavy atom. The molecule has 4 atom stereocenters. The molecule has 0 unspecified atom stereocenters. The molecule has 28 heavy (non-hydrogen) atoms. The van der Waals surface area contributed by atoms with Crippen molar-refractivity contribution in [3.8, 4) is 0 Å². The number of aliphatic hydroxyl groups excluding tert-OH is 1. The van der Waals surface area contributed by atoms with Crippen LogP contribution in [-0.2, 0) is 19.2 Å². The van der Waals surface area contributed by atoms with E-state index in [9.17, 15) is 29.4 Å². The zero-order valence-corrected chi connectivity index (χ0v) is 17.9. The normalized spacial score (nSPS) is 15.2. The lowest BCUT2D eigenvalue weighted by molar-refractivity contribution is -0.142. The number of thiol groups is 1. The van der Waals surface area contributed by atoms with Gasteiger partial charge in [0, 0.05) is 5.75 Å². The molecule has 0 aliphatic rings. The fraction of sp³-hybridized carbons (Fsp3) is 0.750. The fourth-order valence-corrected chi connectivity index (χ4v) is 2.74. The van der Waals surface area contributed by atoms with E-state index in [4.69, 9.17) is 5.73 Å². The molecule has 162 valence electrons. The minimum Gasteiger partial charge on any atom is -0.480 e. The van der Waals surface area contributed by atoms with Gasteiger partial charge < -0.3 is 31.9 Å². The third-order valence-corrected chi connectivity index (χ3v) is 4.86. The first-order valence-corrected chi connectivity index (χ1v) is 10.7. The van der Waals surface area contributed by atoms with E-state index >= 15 is 0 Å². The highest BCUT2D eigenvalue weighted by Crippen LogP contribution is 2.06. The van der Waals surface area contributed by atoms with Gasteiger partial charge in [-0.25, -0.2) is 4.79 Å². The summed E-state index contributed by atoms with van der Waals surface area (Å²) in [7, 11) is 0. The van der Waals surface area contributed by atoms with Crippen LogP contribution in [0.3, 0.4) is 0 Å². The van der Waals surface area contributed by atoms with Crippen molar-refractivity contribution in [2.24, 2.45) is 11.7 Å². The fourth-order valence-electron chi connectivity index (χ4n) is 2.10. The Morgan fingerprint density at radius 2 is 1.61 bits per heavy atom. The highest BCUT2D eigenvalue weighted by Gasteiger charge is 2.31. The van der Waals surface area contributed by atoms with Gasteiger partial charge in [0.25, 0.3) is 0 Å². The molecule has 0 radical (unpaired) electrons. The molecule has 0 spiro atoms. The zero-order chi connectivity index (χ0) is 21.9. The molecule has 0 aromatic carbocycles. The Balaban J connectivity index is 5.10. The van der Waals surface area contributed by atoms with Crippen LogP contribution in [0.2, 0.25) is 0 Å². The molecule has 7 N–H and O–H groups in total. The second-order valence-electron chi connectivity index (χ2n) is 6.44. The molecule has 0 saturated heterocycles. The van der Waals surface area contributed by atoms with Crippen LogP contribution in [0.4, 0.5) is 0 Å². The van der Waals surface area contributed by atoms with Crippen LogP contribution in [0.1, 0.15) is 20.3 Å². The molecule has 0 aliphatic carbocycles. The maximum absolute atomic E-state index is 12.5. The Bertz CT molecular complexity index is 549. The van der Waals surface area contributed by atoms with E-state index in [2.05, 4.69) is 28.6 Å². The summed E-state index contributed by atoms with van der Waals surface area (Å²) in [6.07, 6.45) is 2.05. The molecular formula is C16H30N4O6S2. The van der Waals surface area contributed by atoms with Crippen molar-refractivity contribution in [3.63, 3.8) is 0 Å². The third-order valence-electron chi connectivity index (χ3n) is 3.82. The lowest BCUT2D eigenvalue weighted by Gasteiger charge is -2.26. The van der Waals surface area contributed by atoms with Crippen LogP contribution in [0.15, 0.2) is 0 Å². The Morgan fingerprint density at radius 3 is 2.04 bits per heavy atom. The van der Waals surface area contributed by atoms with Gasteiger partial charge in [-0.1, -0.05) is 13.8 Å². The van der Waals surface area contributed by atoms with Crippen molar-refractivity contribution in [3.05, 3.63) is 0 Å². The lowest BCUT2D eigenvalue weighted by Crippen LogP contribution is -2.59. The minimum atomic E-state index is -1.31. The number of amides is 3. The molecule has 0 saturated carbocycles. The Labute approximate surface area is 174 Å². The topological polar surface area (TPSA) is 171 Å². The smallest absolute Gasteiger partial charge is 0.326 e. The average Bonchev–Trinajstić information content (AvgIpc) is 2.65. The van der Waals surface area contributed by atoms with Gasteiger partial charge >= 0.3 is 5.97 Å². The maximum Gasteiger partial charge on any atom is 0.326 e. The van der Waals surface area contributed by atoms with Gasteiger partial charge in [0.05, 0.1) is 12.6 Å². The van der Waals surface area contributed by atoms with Crippen LogP contribution < -0.4 is 21.7 Å². The summed E-state index contributed by atoms with van der Waals surface area (Å²) in [5.74, 6) is -3.06. The van der Waals surface area contributed by atoms with Gasteiger partial charge in [-0.2, -0.15) is 24.4 Å². The third kappa shape index (κ3) is 9.13. The minimum absolute atomic E-state index is 0.0508. The number of aliphatic carboxylic acids is 1. The first-order valence-electron chi connectivity index (χ1n) is 8.69. The van der Waals surface area contributed by atoms with E-state index in [0.717, 1.165) is 0 Å². The zero-order valence-electron chi connectivity index (χ0n) is 16.2. The second-order valence-corrected chi connectivity index (χ2v) is 7.79. The van der Waals surface area contributed by atoms with Crippen molar-refractivity contribution in [2.75, 3.05) is 24.4 Å². The number of carbonyl (C=O) groups is 4. The number of carboxylic acid groups (broad SMARTS) is 1. The van der Waals surface area contributed by atoms with Crippen molar-refractivity contribution >= 4 is 48.1 Å². The molecule has 0 rings (SSSR count). The number of thioether (sulfide) groups is 1. The number of aliphatic hydroxyl groups is 1. The van der Waals surface area contributed by atoms with Crippen molar-refractivity contribution < 1.29 is 29.4 Å².